The Hall–Kier alpha value is 0.650. The first-order valence-corrected chi connectivity index (χ1v) is 14.6. The van der Waals surface area contributed by atoms with E-state index in [2.05, 4.69) is 6.92 Å². The Bertz CT molecular complexity index is 401. The Balaban J connectivity index is 3.75. The highest BCUT2D eigenvalue weighted by Crippen LogP contribution is 2.60. The van der Waals surface area contributed by atoms with E-state index in [1.54, 1.807) is 0 Å². The van der Waals surface area contributed by atoms with Gasteiger partial charge in [-0.3, -0.25) is 9.13 Å². The lowest BCUT2D eigenvalue weighted by Crippen LogP contribution is -2.23. The van der Waals surface area contributed by atoms with Gasteiger partial charge in [0.2, 0.25) is 5.40 Å². The summed E-state index contributed by atoms with van der Waals surface area (Å²) in [7, 11) is -9.94. The number of unbranched alkanes of at least 4 members (excludes halogenated alkanes) is 10. The second kappa shape index (κ2) is 13.8. The normalized spacial score (nSPS) is 14.2. The second-order valence-corrected chi connectivity index (χ2v) is 13.2. The Morgan fingerprint density at radius 1 is 0.720 bits per heavy atom. The largest absolute Gasteiger partial charge is 0.345 e. The van der Waals surface area contributed by atoms with Crippen LogP contribution in [-0.4, -0.2) is 42.7 Å². The maximum Gasteiger partial charge on any atom is 0.345 e. The summed E-state index contributed by atoms with van der Waals surface area (Å²) in [5.74, 6) is 0.667. The summed E-state index contributed by atoms with van der Waals surface area (Å²) < 4.78 is 22.6. The first-order valence-electron chi connectivity index (χ1n) is 9.28. The Kier molecular flexibility index (Phi) is 14.1. The predicted molar refractivity (Wildman–Crippen MR) is 107 cm³/mol. The zero-order chi connectivity index (χ0) is 19.3. The van der Waals surface area contributed by atoms with Crippen molar-refractivity contribution in [1.82, 2.24) is 0 Å². The molecule has 0 aromatic rings. The molecule has 1 unspecified atom stereocenters. The molecule has 0 amide bonds. The van der Waals surface area contributed by atoms with Crippen molar-refractivity contribution >= 4 is 26.1 Å². The minimum absolute atomic E-state index is 0.105. The van der Waals surface area contributed by atoms with Gasteiger partial charge in [-0.1, -0.05) is 64.7 Å². The highest BCUT2D eigenvalue weighted by Gasteiger charge is 2.47. The van der Waals surface area contributed by atoms with E-state index in [1.165, 1.54) is 51.4 Å². The summed E-state index contributed by atoms with van der Waals surface area (Å²) in [6, 6.07) is 0. The van der Waals surface area contributed by atoms with Crippen LogP contribution in [0.3, 0.4) is 0 Å². The summed E-state index contributed by atoms with van der Waals surface area (Å²) in [5, 5.41) is -1.85. The Morgan fingerprint density at radius 2 is 1.08 bits per heavy atom. The SMILES string of the molecule is CCCCCCCCCCCCC[S+](C)CC(P(=O)(O)O)P(=O)(O)O. The van der Waals surface area contributed by atoms with E-state index in [1.807, 2.05) is 6.26 Å². The molecule has 4 N–H and O–H groups in total. The monoisotopic (exact) mass is 419 g/mol. The van der Waals surface area contributed by atoms with Gasteiger partial charge >= 0.3 is 15.2 Å². The molecule has 1 atom stereocenters. The molecule has 0 aromatic heterocycles. The third-order valence-corrected chi connectivity index (χ3v) is 10.4. The molecule has 0 aliphatic carbocycles. The molecule has 0 fully saturated rings. The van der Waals surface area contributed by atoms with Gasteiger partial charge in [-0.15, -0.1) is 0 Å². The van der Waals surface area contributed by atoms with Gasteiger partial charge in [-0.25, -0.2) is 0 Å². The van der Waals surface area contributed by atoms with E-state index in [0.717, 1.165) is 25.0 Å². The molecule has 0 saturated carbocycles. The lowest BCUT2D eigenvalue weighted by atomic mass is 10.1. The minimum atomic E-state index is -4.78. The Morgan fingerprint density at radius 3 is 1.44 bits per heavy atom. The van der Waals surface area contributed by atoms with Crippen LogP contribution >= 0.6 is 15.2 Å². The van der Waals surface area contributed by atoms with E-state index in [4.69, 9.17) is 19.6 Å². The quantitative estimate of drug-likeness (QED) is 0.169. The maximum absolute atomic E-state index is 11.3. The standard InChI is InChI=1S/C16H36O6P2S/c1-3-4-5-6-7-8-9-10-11-12-13-14-25(2)15-16(23(17,18)19)24(20,21)22/h16H,3-15H2,1-2H3,(H3-,17,18,19,20,21,22)/p+1. The molecule has 6 nitrogen and oxygen atoms in total. The zero-order valence-corrected chi connectivity index (χ0v) is 18.3. The molecule has 0 spiro atoms. The number of rotatable bonds is 16. The minimum Gasteiger partial charge on any atom is -0.324 e. The molecule has 0 bridgehead atoms. The van der Waals surface area contributed by atoms with Gasteiger partial charge in [-0.05, 0) is 23.7 Å². The van der Waals surface area contributed by atoms with E-state index >= 15 is 0 Å². The molecule has 0 saturated heterocycles. The van der Waals surface area contributed by atoms with Crippen LogP contribution in [0.4, 0.5) is 0 Å². The van der Waals surface area contributed by atoms with Gasteiger partial charge in [0.25, 0.3) is 0 Å². The van der Waals surface area contributed by atoms with Crippen molar-refractivity contribution in [3.05, 3.63) is 0 Å². The summed E-state index contributed by atoms with van der Waals surface area (Å²) >= 11 is 0. The molecule has 152 valence electrons. The topological polar surface area (TPSA) is 115 Å². The maximum atomic E-state index is 11.3. The molecule has 25 heavy (non-hydrogen) atoms. The van der Waals surface area contributed by atoms with Crippen LogP contribution in [0.15, 0.2) is 0 Å². The van der Waals surface area contributed by atoms with Gasteiger partial charge in [0.05, 0.1) is 6.26 Å². The predicted octanol–water partition coefficient (Wildman–Crippen LogP) is 4.23. The van der Waals surface area contributed by atoms with Crippen LogP contribution in [0, 0.1) is 0 Å². The van der Waals surface area contributed by atoms with Crippen LogP contribution in [0.5, 0.6) is 0 Å². The molecule has 0 aliphatic heterocycles. The van der Waals surface area contributed by atoms with Crippen molar-refractivity contribution in [2.45, 2.75) is 83.0 Å². The van der Waals surface area contributed by atoms with Gasteiger partial charge < -0.3 is 19.6 Å². The first kappa shape index (κ1) is 25.6. The van der Waals surface area contributed by atoms with Crippen molar-refractivity contribution in [3.63, 3.8) is 0 Å². The van der Waals surface area contributed by atoms with Crippen LogP contribution in [0.1, 0.15) is 77.6 Å². The van der Waals surface area contributed by atoms with Crippen LogP contribution in [-0.2, 0) is 20.0 Å². The molecular weight excluding hydrogens is 382 g/mol. The van der Waals surface area contributed by atoms with Gasteiger partial charge in [0, 0.05) is 0 Å². The third kappa shape index (κ3) is 14.4. The van der Waals surface area contributed by atoms with Crippen LogP contribution in [0.25, 0.3) is 0 Å². The molecule has 0 heterocycles. The average Bonchev–Trinajstić information content (AvgIpc) is 2.48. The molecule has 0 radical (unpaired) electrons. The second-order valence-electron chi connectivity index (χ2n) is 6.85. The van der Waals surface area contributed by atoms with E-state index in [9.17, 15) is 9.13 Å². The average molecular weight is 419 g/mol. The van der Waals surface area contributed by atoms with Crippen molar-refractivity contribution in [2.24, 2.45) is 0 Å². The Labute approximate surface area is 155 Å². The highest BCUT2D eigenvalue weighted by molar-refractivity contribution is 7.97. The fourth-order valence-corrected chi connectivity index (χ4v) is 8.76. The van der Waals surface area contributed by atoms with Gasteiger partial charge in [0.1, 0.15) is 11.5 Å². The van der Waals surface area contributed by atoms with Crippen molar-refractivity contribution in [3.8, 4) is 0 Å². The van der Waals surface area contributed by atoms with E-state index in [-0.39, 0.29) is 5.75 Å². The van der Waals surface area contributed by atoms with Crippen LogP contribution in [0.2, 0.25) is 0 Å². The molecular formula is C16H37O6P2S+. The van der Waals surface area contributed by atoms with Crippen molar-refractivity contribution in [2.75, 3.05) is 17.8 Å². The summed E-state index contributed by atoms with van der Waals surface area (Å²) in [4.78, 5) is 36.6. The molecule has 9 heteroatoms. The zero-order valence-electron chi connectivity index (χ0n) is 15.7. The van der Waals surface area contributed by atoms with Crippen molar-refractivity contribution in [1.29, 1.82) is 0 Å². The highest BCUT2D eigenvalue weighted by atomic mass is 32.2. The lowest BCUT2D eigenvalue weighted by Gasteiger charge is -2.18. The molecule has 0 rings (SSSR count). The lowest BCUT2D eigenvalue weighted by molar-refractivity contribution is 0.342. The molecule has 0 aromatic carbocycles. The van der Waals surface area contributed by atoms with Crippen LogP contribution < -0.4 is 0 Å². The third-order valence-electron chi connectivity index (χ3n) is 4.31. The van der Waals surface area contributed by atoms with E-state index < -0.39 is 31.5 Å². The molecule has 0 aliphatic rings. The number of hydrogen-bond acceptors (Lipinski definition) is 2. The summed E-state index contributed by atoms with van der Waals surface area (Å²) in [6.07, 6.45) is 15.4. The van der Waals surface area contributed by atoms with Crippen molar-refractivity contribution < 1.29 is 28.7 Å². The smallest absolute Gasteiger partial charge is 0.324 e. The fraction of sp³-hybridized carbons (Fsp3) is 1.00. The summed E-state index contributed by atoms with van der Waals surface area (Å²) in [5.41, 5.74) is 0. The first-order chi connectivity index (χ1) is 11.6. The summed E-state index contributed by atoms with van der Waals surface area (Å²) in [6.45, 7) is 2.22. The fourth-order valence-electron chi connectivity index (χ4n) is 2.74. The van der Waals surface area contributed by atoms with Gasteiger partial charge in [0.15, 0.2) is 0 Å². The van der Waals surface area contributed by atoms with Gasteiger partial charge in [-0.2, -0.15) is 0 Å². The van der Waals surface area contributed by atoms with E-state index in [0.29, 0.717) is 0 Å². The number of hydrogen-bond donors (Lipinski definition) is 4.